The fourth-order valence-corrected chi connectivity index (χ4v) is 3.81. The zero-order valence-corrected chi connectivity index (χ0v) is 16.0. The smallest absolute Gasteiger partial charge is 0.239 e. The normalized spacial score (nSPS) is 25.8. The molecule has 2 amide bonds. The third-order valence-electron chi connectivity index (χ3n) is 5.36. The van der Waals surface area contributed by atoms with Crippen molar-refractivity contribution in [3.05, 3.63) is 0 Å². The fraction of sp³-hybridized carbons (Fsp3) is 0.875. The van der Waals surface area contributed by atoms with Crippen molar-refractivity contribution in [3.63, 3.8) is 0 Å². The van der Waals surface area contributed by atoms with Gasteiger partial charge in [0, 0.05) is 45.8 Å². The summed E-state index contributed by atoms with van der Waals surface area (Å²) in [7, 11) is 0. The molecule has 3 saturated heterocycles. The van der Waals surface area contributed by atoms with Crippen molar-refractivity contribution < 1.29 is 9.59 Å². The van der Waals surface area contributed by atoms with E-state index in [0.29, 0.717) is 5.91 Å². The second kappa shape index (κ2) is 9.80. The van der Waals surface area contributed by atoms with Crippen LogP contribution in [-0.2, 0) is 9.59 Å². The summed E-state index contributed by atoms with van der Waals surface area (Å²) in [6, 6.07) is -0.0523. The maximum absolute atomic E-state index is 12.5. The number of nitrogens with zero attached hydrogens (tertiary/aromatic N) is 3. The molecule has 1 N–H and O–H groups in total. The Morgan fingerprint density at radius 3 is 2.12 bits per heavy atom. The molecule has 24 heavy (non-hydrogen) atoms. The molecule has 0 radical (unpaired) electrons. The minimum atomic E-state index is -0.0523. The van der Waals surface area contributed by atoms with E-state index in [1.807, 2.05) is 16.7 Å². The number of carbonyl (C=O) groups excluding carboxylic acids is 2. The zero-order chi connectivity index (χ0) is 15.5. The van der Waals surface area contributed by atoms with Crippen molar-refractivity contribution in [3.8, 4) is 0 Å². The maximum Gasteiger partial charge on any atom is 0.239 e. The van der Waals surface area contributed by atoms with E-state index in [9.17, 15) is 9.59 Å². The number of hydrogen-bond donors (Lipinski definition) is 1. The largest absolute Gasteiger partial charge is 0.341 e. The summed E-state index contributed by atoms with van der Waals surface area (Å²) in [4.78, 5) is 31.1. The molecule has 3 aliphatic heterocycles. The quantitative estimate of drug-likeness (QED) is 0.778. The lowest BCUT2D eigenvalue weighted by atomic mass is 10.1. The van der Waals surface area contributed by atoms with Crippen LogP contribution in [0.5, 0.6) is 0 Å². The van der Waals surface area contributed by atoms with E-state index in [4.69, 9.17) is 0 Å². The molecule has 0 aromatic carbocycles. The Kier molecular flexibility index (Phi) is 8.77. The van der Waals surface area contributed by atoms with Crippen LogP contribution in [0.15, 0.2) is 0 Å². The van der Waals surface area contributed by atoms with Gasteiger partial charge in [-0.15, -0.1) is 24.8 Å². The Balaban J connectivity index is 0.00000144. The molecule has 3 fully saturated rings. The Bertz CT molecular complexity index is 418. The third kappa shape index (κ3) is 4.75. The summed E-state index contributed by atoms with van der Waals surface area (Å²) in [5, 5.41) is 3.26. The SMILES string of the molecule is CC(C(=O)N1CCCC1)N1CCN(C(=O)C2CCNC2)CC1.Cl.Cl. The average Bonchev–Trinajstić information content (AvgIpc) is 3.26. The zero-order valence-electron chi connectivity index (χ0n) is 14.4. The van der Waals surface area contributed by atoms with Crippen LogP contribution in [0.1, 0.15) is 26.2 Å². The van der Waals surface area contributed by atoms with Crippen LogP contribution in [0.25, 0.3) is 0 Å². The summed E-state index contributed by atoms with van der Waals surface area (Å²) in [6.45, 7) is 8.76. The number of piperazine rings is 1. The molecule has 3 rings (SSSR count). The Labute approximate surface area is 157 Å². The van der Waals surface area contributed by atoms with E-state index in [1.165, 1.54) is 0 Å². The Hall–Kier alpha value is -0.560. The predicted octanol–water partition coefficient (Wildman–Crippen LogP) is 0.595. The molecule has 3 heterocycles. The van der Waals surface area contributed by atoms with Crippen LogP contribution in [0.4, 0.5) is 0 Å². The lowest BCUT2D eigenvalue weighted by Gasteiger charge is -2.39. The van der Waals surface area contributed by atoms with E-state index in [0.717, 1.165) is 71.6 Å². The molecule has 2 unspecified atom stereocenters. The van der Waals surface area contributed by atoms with Gasteiger partial charge >= 0.3 is 0 Å². The van der Waals surface area contributed by atoms with E-state index in [2.05, 4.69) is 10.2 Å². The van der Waals surface area contributed by atoms with E-state index in [-0.39, 0.29) is 42.7 Å². The van der Waals surface area contributed by atoms with Crippen molar-refractivity contribution in [1.82, 2.24) is 20.0 Å². The first kappa shape index (κ1) is 21.5. The Morgan fingerprint density at radius 1 is 0.958 bits per heavy atom. The van der Waals surface area contributed by atoms with Gasteiger partial charge in [-0.2, -0.15) is 0 Å². The second-order valence-electron chi connectivity index (χ2n) is 6.76. The van der Waals surface area contributed by atoms with Gasteiger partial charge in [0.1, 0.15) is 0 Å². The molecule has 3 aliphatic rings. The van der Waals surface area contributed by atoms with Crippen molar-refractivity contribution in [1.29, 1.82) is 0 Å². The monoisotopic (exact) mass is 380 g/mol. The van der Waals surface area contributed by atoms with Crippen LogP contribution in [0.2, 0.25) is 0 Å². The van der Waals surface area contributed by atoms with E-state index in [1.54, 1.807) is 0 Å². The van der Waals surface area contributed by atoms with Gasteiger partial charge in [0.25, 0.3) is 0 Å². The first-order chi connectivity index (χ1) is 10.7. The molecule has 0 aliphatic carbocycles. The van der Waals surface area contributed by atoms with Gasteiger partial charge in [0.2, 0.25) is 11.8 Å². The van der Waals surface area contributed by atoms with Crippen LogP contribution in [0.3, 0.4) is 0 Å². The number of carbonyl (C=O) groups is 2. The Morgan fingerprint density at radius 2 is 1.58 bits per heavy atom. The summed E-state index contributed by atoms with van der Waals surface area (Å²) in [5.41, 5.74) is 0. The molecule has 6 nitrogen and oxygen atoms in total. The standard InChI is InChI=1S/C16H28N4O2.2ClH/c1-13(15(21)19-6-2-3-7-19)18-8-10-20(11-9-18)16(22)14-4-5-17-12-14;;/h13-14,17H,2-12H2,1H3;2*1H. The highest BCUT2D eigenvalue weighted by Crippen LogP contribution is 2.16. The number of likely N-dealkylation sites (tertiary alicyclic amines) is 1. The lowest BCUT2D eigenvalue weighted by Crippen LogP contribution is -2.56. The van der Waals surface area contributed by atoms with E-state index < -0.39 is 0 Å². The molecule has 0 aromatic rings. The van der Waals surface area contributed by atoms with Gasteiger partial charge in [0.05, 0.1) is 12.0 Å². The van der Waals surface area contributed by atoms with Gasteiger partial charge in [0.15, 0.2) is 0 Å². The van der Waals surface area contributed by atoms with Crippen molar-refractivity contribution in [2.45, 2.75) is 32.2 Å². The summed E-state index contributed by atoms with van der Waals surface area (Å²) in [5.74, 6) is 0.718. The van der Waals surface area contributed by atoms with Gasteiger partial charge in [-0.1, -0.05) is 0 Å². The maximum atomic E-state index is 12.5. The van der Waals surface area contributed by atoms with Gasteiger partial charge in [-0.3, -0.25) is 14.5 Å². The highest BCUT2D eigenvalue weighted by molar-refractivity contribution is 5.85. The predicted molar refractivity (Wildman–Crippen MR) is 98.9 cm³/mol. The fourth-order valence-electron chi connectivity index (χ4n) is 3.81. The second-order valence-corrected chi connectivity index (χ2v) is 6.76. The van der Waals surface area contributed by atoms with Crippen LogP contribution in [0, 0.1) is 5.92 Å². The van der Waals surface area contributed by atoms with Crippen molar-refractivity contribution in [2.24, 2.45) is 5.92 Å². The summed E-state index contributed by atoms with van der Waals surface area (Å²) < 4.78 is 0. The van der Waals surface area contributed by atoms with Gasteiger partial charge in [-0.05, 0) is 32.7 Å². The minimum Gasteiger partial charge on any atom is -0.341 e. The molecule has 0 aromatic heterocycles. The number of rotatable bonds is 3. The first-order valence-electron chi connectivity index (χ1n) is 8.69. The number of amides is 2. The topological polar surface area (TPSA) is 55.9 Å². The highest BCUT2D eigenvalue weighted by Gasteiger charge is 2.33. The molecule has 0 spiro atoms. The van der Waals surface area contributed by atoms with Crippen LogP contribution in [-0.4, -0.2) is 84.9 Å². The molecule has 8 heteroatoms. The van der Waals surface area contributed by atoms with E-state index >= 15 is 0 Å². The third-order valence-corrected chi connectivity index (χ3v) is 5.36. The molecule has 2 atom stereocenters. The number of nitrogens with one attached hydrogen (secondary N) is 1. The number of halogens is 2. The number of hydrogen-bond acceptors (Lipinski definition) is 4. The van der Waals surface area contributed by atoms with Crippen molar-refractivity contribution >= 4 is 36.6 Å². The van der Waals surface area contributed by atoms with Crippen molar-refractivity contribution in [2.75, 3.05) is 52.4 Å². The molecule has 140 valence electrons. The average molecular weight is 381 g/mol. The van der Waals surface area contributed by atoms with Gasteiger partial charge < -0.3 is 15.1 Å². The molecular weight excluding hydrogens is 351 g/mol. The first-order valence-corrected chi connectivity index (χ1v) is 8.69. The summed E-state index contributed by atoms with van der Waals surface area (Å²) >= 11 is 0. The molecule has 0 saturated carbocycles. The molecule has 0 bridgehead atoms. The van der Waals surface area contributed by atoms with Gasteiger partial charge in [-0.25, -0.2) is 0 Å². The van der Waals surface area contributed by atoms with Crippen LogP contribution >= 0.6 is 24.8 Å². The van der Waals surface area contributed by atoms with Crippen LogP contribution < -0.4 is 5.32 Å². The molecular formula is C16H30Cl2N4O2. The highest BCUT2D eigenvalue weighted by atomic mass is 35.5. The minimum absolute atomic E-state index is 0. The lowest BCUT2D eigenvalue weighted by molar-refractivity contribution is -0.139. The summed E-state index contributed by atoms with van der Waals surface area (Å²) in [6.07, 6.45) is 3.23.